The molecule has 0 aliphatic heterocycles. The van der Waals surface area contributed by atoms with Gasteiger partial charge in [0.05, 0.1) is 7.11 Å². The molecule has 0 amide bonds. The molecule has 1 rings (SSSR count). The van der Waals surface area contributed by atoms with Crippen LogP contribution >= 0.6 is 0 Å². The molecule has 0 aliphatic carbocycles. The van der Waals surface area contributed by atoms with Gasteiger partial charge < -0.3 is 15.2 Å². The molecular formula is C11H13FN4O3. The topological polar surface area (TPSA) is 107 Å². The van der Waals surface area contributed by atoms with E-state index in [0.29, 0.717) is 0 Å². The molecule has 19 heavy (non-hydrogen) atoms. The number of ether oxygens (including phenoxy) is 1. The van der Waals surface area contributed by atoms with Gasteiger partial charge in [-0.05, 0) is 23.7 Å². The number of methoxy groups -OCH3 is 1. The van der Waals surface area contributed by atoms with Gasteiger partial charge in [0, 0.05) is 23.6 Å². The number of hydrogen-bond donors (Lipinski definition) is 2. The van der Waals surface area contributed by atoms with E-state index < -0.39 is 17.8 Å². The lowest BCUT2D eigenvalue weighted by atomic mass is 10.1. The number of benzene rings is 1. The summed E-state index contributed by atoms with van der Waals surface area (Å²) in [4.78, 5) is 14.2. The predicted molar refractivity (Wildman–Crippen MR) is 64.8 cm³/mol. The number of halogens is 1. The smallest absolute Gasteiger partial charge is 0.327 e. The number of phenolic OH excluding ortho intramolecular Hbond substituents is 1. The third-order valence-electron chi connectivity index (χ3n) is 2.36. The molecule has 1 aromatic rings. The highest BCUT2D eigenvalue weighted by molar-refractivity contribution is 5.78. The SMILES string of the molecule is COC(=O)C(NCCN=[N+]=[N-])c1cc(F)ccc1O. The van der Waals surface area contributed by atoms with Crippen molar-refractivity contribution in [3.8, 4) is 5.75 Å². The van der Waals surface area contributed by atoms with Gasteiger partial charge in [0.25, 0.3) is 0 Å². The second kappa shape index (κ2) is 7.20. The number of esters is 1. The quantitative estimate of drug-likeness (QED) is 0.269. The maximum Gasteiger partial charge on any atom is 0.327 e. The molecule has 0 bridgehead atoms. The van der Waals surface area contributed by atoms with Crippen LogP contribution in [0, 0.1) is 5.82 Å². The Balaban J connectivity index is 2.92. The summed E-state index contributed by atoms with van der Waals surface area (Å²) in [6.45, 7) is 0.292. The molecule has 2 N–H and O–H groups in total. The van der Waals surface area contributed by atoms with Gasteiger partial charge in [0.1, 0.15) is 17.6 Å². The molecule has 8 heteroatoms. The summed E-state index contributed by atoms with van der Waals surface area (Å²) in [5.41, 5.74) is 8.20. The van der Waals surface area contributed by atoms with E-state index in [1.54, 1.807) is 0 Å². The van der Waals surface area contributed by atoms with Crippen LogP contribution in [-0.2, 0) is 9.53 Å². The van der Waals surface area contributed by atoms with Gasteiger partial charge in [-0.1, -0.05) is 5.11 Å². The van der Waals surface area contributed by atoms with Crippen molar-refractivity contribution >= 4 is 5.97 Å². The summed E-state index contributed by atoms with van der Waals surface area (Å²) in [7, 11) is 1.18. The Bertz CT molecular complexity index is 503. The highest BCUT2D eigenvalue weighted by Crippen LogP contribution is 2.25. The van der Waals surface area contributed by atoms with Gasteiger partial charge in [-0.2, -0.15) is 0 Å². The minimum absolute atomic E-state index is 0.0628. The van der Waals surface area contributed by atoms with Crippen molar-refractivity contribution in [2.45, 2.75) is 6.04 Å². The lowest BCUT2D eigenvalue weighted by Gasteiger charge is -2.17. The first-order valence-electron chi connectivity index (χ1n) is 5.40. The molecule has 0 saturated heterocycles. The van der Waals surface area contributed by atoms with Crippen LogP contribution in [0.15, 0.2) is 23.3 Å². The number of nitrogens with zero attached hydrogens (tertiary/aromatic N) is 3. The van der Waals surface area contributed by atoms with Gasteiger partial charge in [0.2, 0.25) is 0 Å². The summed E-state index contributed by atoms with van der Waals surface area (Å²) in [6, 6.07) is 2.23. The van der Waals surface area contributed by atoms with E-state index in [-0.39, 0.29) is 24.4 Å². The highest BCUT2D eigenvalue weighted by atomic mass is 19.1. The van der Waals surface area contributed by atoms with Crippen molar-refractivity contribution in [3.63, 3.8) is 0 Å². The monoisotopic (exact) mass is 268 g/mol. The fourth-order valence-electron chi connectivity index (χ4n) is 1.50. The zero-order valence-electron chi connectivity index (χ0n) is 10.2. The fraction of sp³-hybridized carbons (Fsp3) is 0.364. The lowest BCUT2D eigenvalue weighted by molar-refractivity contribution is -0.143. The van der Waals surface area contributed by atoms with Crippen molar-refractivity contribution in [2.75, 3.05) is 20.2 Å². The van der Waals surface area contributed by atoms with Crippen molar-refractivity contribution in [3.05, 3.63) is 40.0 Å². The molecule has 1 unspecified atom stereocenters. The van der Waals surface area contributed by atoms with Crippen LogP contribution in [0.3, 0.4) is 0 Å². The van der Waals surface area contributed by atoms with Gasteiger partial charge in [-0.15, -0.1) is 0 Å². The standard InChI is InChI=1S/C11H13FN4O3/c1-19-11(18)10(14-4-5-15-16-13)8-6-7(12)2-3-9(8)17/h2-3,6,10,14,17H,4-5H2,1H3. The average Bonchev–Trinajstić information content (AvgIpc) is 2.41. The van der Waals surface area contributed by atoms with E-state index in [1.807, 2.05) is 0 Å². The first-order valence-corrected chi connectivity index (χ1v) is 5.40. The number of aromatic hydroxyl groups is 1. The van der Waals surface area contributed by atoms with Crippen LogP contribution in [0.5, 0.6) is 5.75 Å². The van der Waals surface area contributed by atoms with E-state index in [0.717, 1.165) is 18.2 Å². The van der Waals surface area contributed by atoms with Crippen molar-refractivity contribution < 1.29 is 19.0 Å². The number of carbonyl (C=O) groups is 1. The Hall–Kier alpha value is -2.31. The van der Waals surface area contributed by atoms with E-state index in [9.17, 15) is 14.3 Å². The van der Waals surface area contributed by atoms with Crippen LogP contribution in [-0.4, -0.2) is 31.3 Å². The summed E-state index contributed by atoms with van der Waals surface area (Å²) in [5.74, 6) is -1.49. The fourth-order valence-corrected chi connectivity index (χ4v) is 1.50. The summed E-state index contributed by atoms with van der Waals surface area (Å²) >= 11 is 0. The second-order valence-electron chi connectivity index (χ2n) is 3.57. The van der Waals surface area contributed by atoms with Crippen molar-refractivity contribution in [2.24, 2.45) is 5.11 Å². The Morgan fingerprint density at radius 2 is 2.42 bits per heavy atom. The van der Waals surface area contributed by atoms with Crippen LogP contribution < -0.4 is 5.32 Å². The first kappa shape index (κ1) is 14.7. The van der Waals surface area contributed by atoms with Gasteiger partial charge in [-0.25, -0.2) is 9.18 Å². The van der Waals surface area contributed by atoms with Crippen LogP contribution in [0.2, 0.25) is 0 Å². The zero-order chi connectivity index (χ0) is 14.3. The number of phenols is 1. The second-order valence-corrected chi connectivity index (χ2v) is 3.57. The Morgan fingerprint density at radius 3 is 3.05 bits per heavy atom. The predicted octanol–water partition coefficient (Wildman–Crippen LogP) is 1.65. The molecule has 7 nitrogen and oxygen atoms in total. The van der Waals surface area contributed by atoms with Crippen molar-refractivity contribution in [1.29, 1.82) is 0 Å². The van der Waals surface area contributed by atoms with E-state index in [2.05, 4.69) is 20.1 Å². The number of hydrogen-bond acceptors (Lipinski definition) is 5. The van der Waals surface area contributed by atoms with Gasteiger partial charge in [-0.3, -0.25) is 0 Å². The van der Waals surface area contributed by atoms with Crippen LogP contribution in [0.4, 0.5) is 4.39 Å². The molecule has 0 spiro atoms. The molecule has 0 saturated carbocycles. The number of rotatable bonds is 6. The van der Waals surface area contributed by atoms with E-state index in [1.165, 1.54) is 7.11 Å². The molecule has 0 fully saturated rings. The third-order valence-corrected chi connectivity index (χ3v) is 2.36. The highest BCUT2D eigenvalue weighted by Gasteiger charge is 2.24. The van der Waals surface area contributed by atoms with Crippen molar-refractivity contribution in [1.82, 2.24) is 5.32 Å². The summed E-state index contributed by atoms with van der Waals surface area (Å²) in [5, 5.41) is 15.7. The summed E-state index contributed by atoms with van der Waals surface area (Å²) < 4.78 is 17.7. The molecule has 0 aliphatic rings. The molecule has 0 aromatic heterocycles. The third kappa shape index (κ3) is 4.13. The molecule has 0 radical (unpaired) electrons. The number of carbonyl (C=O) groups excluding carboxylic acids is 1. The van der Waals surface area contributed by atoms with Crippen LogP contribution in [0.25, 0.3) is 10.4 Å². The van der Waals surface area contributed by atoms with Gasteiger partial charge in [0.15, 0.2) is 0 Å². The Kier molecular flexibility index (Phi) is 5.59. The normalized spacial score (nSPS) is 11.5. The minimum Gasteiger partial charge on any atom is -0.508 e. The first-order chi connectivity index (χ1) is 9.10. The van der Waals surface area contributed by atoms with Gasteiger partial charge >= 0.3 is 5.97 Å². The Morgan fingerprint density at radius 1 is 1.68 bits per heavy atom. The lowest BCUT2D eigenvalue weighted by Crippen LogP contribution is -2.31. The molecule has 0 heterocycles. The largest absolute Gasteiger partial charge is 0.508 e. The zero-order valence-corrected chi connectivity index (χ0v) is 10.2. The van der Waals surface area contributed by atoms with E-state index >= 15 is 0 Å². The number of azide groups is 1. The minimum atomic E-state index is -1.03. The van der Waals surface area contributed by atoms with Crippen LogP contribution in [0.1, 0.15) is 11.6 Å². The maximum absolute atomic E-state index is 13.2. The maximum atomic E-state index is 13.2. The molecule has 1 aromatic carbocycles. The van der Waals surface area contributed by atoms with E-state index in [4.69, 9.17) is 5.53 Å². The molecular weight excluding hydrogens is 255 g/mol. The molecule has 102 valence electrons. The Labute approximate surface area is 108 Å². The molecule has 1 atom stereocenters. The number of nitrogens with one attached hydrogen (secondary N) is 1. The summed E-state index contributed by atoms with van der Waals surface area (Å²) in [6.07, 6.45) is 0. The average molecular weight is 268 g/mol.